The van der Waals surface area contributed by atoms with Crippen molar-refractivity contribution >= 4 is 29.9 Å². The molecule has 7 heteroatoms. The van der Waals surface area contributed by atoms with Gasteiger partial charge < -0.3 is 19.8 Å². The van der Waals surface area contributed by atoms with Gasteiger partial charge in [0.15, 0.2) is 5.96 Å². The van der Waals surface area contributed by atoms with Gasteiger partial charge in [0.2, 0.25) is 0 Å². The van der Waals surface area contributed by atoms with Crippen molar-refractivity contribution in [3.05, 3.63) is 24.2 Å². The Bertz CT molecular complexity index is 438. The summed E-state index contributed by atoms with van der Waals surface area (Å²) in [6.07, 6.45) is 5.00. The predicted molar refractivity (Wildman–Crippen MR) is 115 cm³/mol. The van der Waals surface area contributed by atoms with Crippen LogP contribution in [0.5, 0.6) is 0 Å². The number of nitrogens with zero attached hydrogens (tertiary/aromatic N) is 2. The van der Waals surface area contributed by atoms with E-state index in [1.807, 2.05) is 26.2 Å². The van der Waals surface area contributed by atoms with Gasteiger partial charge in [-0.25, -0.2) is 0 Å². The van der Waals surface area contributed by atoms with Crippen LogP contribution in [-0.4, -0.2) is 57.8 Å². The minimum absolute atomic E-state index is 0. The van der Waals surface area contributed by atoms with Crippen molar-refractivity contribution in [1.29, 1.82) is 0 Å². The Morgan fingerprint density at radius 3 is 2.60 bits per heavy atom. The summed E-state index contributed by atoms with van der Waals surface area (Å²) < 4.78 is 11.1. The van der Waals surface area contributed by atoms with Gasteiger partial charge in [-0.2, -0.15) is 0 Å². The summed E-state index contributed by atoms with van der Waals surface area (Å²) in [4.78, 5) is 6.81. The molecule has 1 unspecified atom stereocenters. The maximum atomic E-state index is 5.58. The Balaban J connectivity index is 0.00000576. The van der Waals surface area contributed by atoms with Crippen LogP contribution < -0.4 is 10.6 Å². The van der Waals surface area contributed by atoms with E-state index in [9.17, 15) is 0 Å². The van der Waals surface area contributed by atoms with E-state index in [0.717, 1.165) is 50.9 Å². The lowest BCUT2D eigenvalue weighted by Gasteiger charge is -2.21. The van der Waals surface area contributed by atoms with Gasteiger partial charge in [-0.15, -0.1) is 24.0 Å². The van der Waals surface area contributed by atoms with Crippen molar-refractivity contribution in [2.45, 2.75) is 39.2 Å². The minimum Gasteiger partial charge on any atom is -0.468 e. The normalized spacial score (nSPS) is 12.8. The first-order valence-corrected chi connectivity index (χ1v) is 8.98. The molecule has 0 aliphatic carbocycles. The fourth-order valence-corrected chi connectivity index (χ4v) is 2.24. The standard InChI is InChI=1S/C18H34N4O2.HI/c1-5-7-12-23-13-9-11-20-18(19-6-2)21-15-16(22(3)4)17-10-8-14-24-17;/h8,10,14,16H,5-7,9,11-13,15H2,1-4H3,(H2,19,20,21);1H. The van der Waals surface area contributed by atoms with Crippen LogP contribution in [0.15, 0.2) is 27.8 Å². The van der Waals surface area contributed by atoms with Crippen LogP contribution in [-0.2, 0) is 4.74 Å². The van der Waals surface area contributed by atoms with Gasteiger partial charge in [-0.3, -0.25) is 9.89 Å². The van der Waals surface area contributed by atoms with Crippen LogP contribution in [0, 0.1) is 0 Å². The zero-order valence-electron chi connectivity index (χ0n) is 16.1. The molecule has 0 aromatic carbocycles. The smallest absolute Gasteiger partial charge is 0.191 e. The zero-order chi connectivity index (χ0) is 17.6. The number of nitrogens with one attached hydrogen (secondary N) is 2. The molecule has 1 aromatic heterocycles. The molecule has 0 radical (unpaired) electrons. The molecule has 0 aliphatic rings. The Morgan fingerprint density at radius 2 is 2.00 bits per heavy atom. The summed E-state index contributed by atoms with van der Waals surface area (Å²) in [5.74, 6) is 1.77. The van der Waals surface area contributed by atoms with Gasteiger partial charge in [0.25, 0.3) is 0 Å². The Labute approximate surface area is 169 Å². The summed E-state index contributed by atoms with van der Waals surface area (Å²) in [6.45, 7) is 8.23. The number of guanidine groups is 1. The van der Waals surface area contributed by atoms with Gasteiger partial charge in [0.1, 0.15) is 5.76 Å². The van der Waals surface area contributed by atoms with Crippen LogP contribution in [0.4, 0.5) is 0 Å². The third-order valence-corrected chi connectivity index (χ3v) is 3.66. The number of hydrogen-bond donors (Lipinski definition) is 2. The molecule has 1 atom stereocenters. The number of rotatable bonds is 12. The van der Waals surface area contributed by atoms with Crippen LogP contribution in [0.3, 0.4) is 0 Å². The van der Waals surface area contributed by atoms with Gasteiger partial charge in [0, 0.05) is 26.3 Å². The van der Waals surface area contributed by atoms with Crippen molar-refractivity contribution < 1.29 is 9.15 Å². The van der Waals surface area contributed by atoms with E-state index in [0.29, 0.717) is 6.54 Å². The molecule has 0 aliphatic heterocycles. The monoisotopic (exact) mass is 466 g/mol. The van der Waals surface area contributed by atoms with Crippen molar-refractivity contribution in [2.24, 2.45) is 4.99 Å². The fourth-order valence-electron chi connectivity index (χ4n) is 2.24. The number of hydrogen-bond acceptors (Lipinski definition) is 4. The highest BCUT2D eigenvalue weighted by atomic mass is 127. The number of aliphatic imine (C=N–C) groups is 1. The van der Waals surface area contributed by atoms with E-state index in [2.05, 4.69) is 29.4 Å². The first kappa shape index (κ1) is 24.2. The molecule has 6 nitrogen and oxygen atoms in total. The third kappa shape index (κ3) is 10.7. The second kappa shape index (κ2) is 15.5. The topological polar surface area (TPSA) is 62.0 Å². The molecule has 2 N–H and O–H groups in total. The van der Waals surface area contributed by atoms with Crippen molar-refractivity contribution in [3.63, 3.8) is 0 Å². The average Bonchev–Trinajstić information content (AvgIpc) is 3.08. The van der Waals surface area contributed by atoms with Crippen molar-refractivity contribution in [2.75, 3.05) is 46.9 Å². The number of halogens is 1. The van der Waals surface area contributed by atoms with Crippen molar-refractivity contribution in [1.82, 2.24) is 15.5 Å². The van der Waals surface area contributed by atoms with E-state index in [1.165, 1.54) is 6.42 Å². The molecule has 1 heterocycles. The van der Waals surface area contributed by atoms with Gasteiger partial charge in [-0.1, -0.05) is 13.3 Å². The van der Waals surface area contributed by atoms with Crippen LogP contribution in [0.25, 0.3) is 0 Å². The molecule has 0 bridgehead atoms. The summed E-state index contributed by atoms with van der Waals surface area (Å²) in [7, 11) is 4.08. The van der Waals surface area contributed by atoms with E-state index in [1.54, 1.807) is 6.26 Å². The highest BCUT2D eigenvalue weighted by Crippen LogP contribution is 2.18. The number of furan rings is 1. The molecule has 0 saturated heterocycles. The molecule has 0 fully saturated rings. The molecular weight excluding hydrogens is 431 g/mol. The quantitative estimate of drug-likeness (QED) is 0.214. The second-order valence-corrected chi connectivity index (χ2v) is 5.96. The van der Waals surface area contributed by atoms with Crippen LogP contribution in [0.2, 0.25) is 0 Å². The lowest BCUT2D eigenvalue weighted by atomic mass is 10.2. The number of ether oxygens (including phenoxy) is 1. The highest BCUT2D eigenvalue weighted by Gasteiger charge is 2.16. The van der Waals surface area contributed by atoms with Crippen molar-refractivity contribution in [3.8, 4) is 0 Å². The molecule has 0 spiro atoms. The molecule has 146 valence electrons. The Hall–Kier alpha value is -0.800. The molecule has 1 rings (SSSR count). The number of unbranched alkanes of at least 4 members (excludes halogenated alkanes) is 1. The first-order valence-electron chi connectivity index (χ1n) is 8.98. The molecule has 0 amide bonds. The lowest BCUT2D eigenvalue weighted by molar-refractivity contribution is 0.129. The molecular formula is C18H35IN4O2. The predicted octanol–water partition coefficient (Wildman–Crippen LogP) is 3.26. The summed E-state index contributed by atoms with van der Waals surface area (Å²) in [5, 5.41) is 6.64. The summed E-state index contributed by atoms with van der Waals surface area (Å²) in [6, 6.07) is 4.04. The second-order valence-electron chi connectivity index (χ2n) is 5.96. The van der Waals surface area contributed by atoms with Crippen LogP contribution >= 0.6 is 24.0 Å². The largest absolute Gasteiger partial charge is 0.468 e. The average molecular weight is 466 g/mol. The fraction of sp³-hybridized carbons (Fsp3) is 0.722. The highest BCUT2D eigenvalue weighted by molar-refractivity contribution is 14.0. The third-order valence-electron chi connectivity index (χ3n) is 3.66. The lowest BCUT2D eigenvalue weighted by Crippen LogP contribution is -2.38. The maximum absolute atomic E-state index is 5.58. The van der Waals surface area contributed by atoms with E-state index in [4.69, 9.17) is 14.1 Å². The number of likely N-dealkylation sites (N-methyl/N-ethyl adjacent to an activating group) is 1. The summed E-state index contributed by atoms with van der Waals surface area (Å²) in [5.41, 5.74) is 0. The van der Waals surface area contributed by atoms with E-state index in [-0.39, 0.29) is 30.0 Å². The van der Waals surface area contributed by atoms with E-state index >= 15 is 0 Å². The van der Waals surface area contributed by atoms with Crippen LogP contribution in [0.1, 0.15) is 44.9 Å². The Morgan fingerprint density at radius 1 is 1.24 bits per heavy atom. The summed E-state index contributed by atoms with van der Waals surface area (Å²) >= 11 is 0. The molecule has 0 saturated carbocycles. The molecule has 25 heavy (non-hydrogen) atoms. The maximum Gasteiger partial charge on any atom is 0.191 e. The Kier molecular flexibility index (Phi) is 15.0. The first-order chi connectivity index (χ1) is 11.7. The van der Waals surface area contributed by atoms with Gasteiger partial charge >= 0.3 is 0 Å². The van der Waals surface area contributed by atoms with Gasteiger partial charge in [-0.05, 0) is 46.0 Å². The van der Waals surface area contributed by atoms with Gasteiger partial charge in [0.05, 0.1) is 18.8 Å². The molecule has 1 aromatic rings. The minimum atomic E-state index is 0. The SMILES string of the molecule is CCCCOCCCNC(=NCC(c1ccco1)N(C)C)NCC.I. The zero-order valence-corrected chi connectivity index (χ0v) is 18.4. The van der Waals surface area contributed by atoms with E-state index < -0.39 is 0 Å².